The summed E-state index contributed by atoms with van der Waals surface area (Å²) in [5.41, 5.74) is 7.25. The molecule has 0 aliphatic carbocycles. The average Bonchev–Trinajstić information content (AvgIpc) is 2.18. The third-order valence-electron chi connectivity index (χ3n) is 2.26. The van der Waals surface area contributed by atoms with Crippen LogP contribution in [-0.4, -0.2) is 6.54 Å². The van der Waals surface area contributed by atoms with Crippen LogP contribution in [0.25, 0.3) is 0 Å². The molecule has 0 radical (unpaired) electrons. The van der Waals surface area contributed by atoms with Gasteiger partial charge in [-0.3, -0.25) is 0 Å². The standard InChI is InChI=1S/C11H15BrFN/c1-8-5-6-10(13)9(11(8)12)4-2-3-7-14/h5-6H,2-4,7,14H2,1H3. The van der Waals surface area contributed by atoms with Gasteiger partial charge in [0, 0.05) is 10.0 Å². The molecule has 0 atom stereocenters. The lowest BCUT2D eigenvalue weighted by Crippen LogP contribution is -2.01. The fourth-order valence-corrected chi connectivity index (χ4v) is 1.91. The van der Waals surface area contributed by atoms with Crippen LogP contribution in [0.3, 0.4) is 0 Å². The van der Waals surface area contributed by atoms with E-state index < -0.39 is 0 Å². The Balaban J connectivity index is 2.79. The fraction of sp³-hybridized carbons (Fsp3) is 0.455. The summed E-state index contributed by atoms with van der Waals surface area (Å²) in [6.45, 7) is 2.64. The van der Waals surface area contributed by atoms with Gasteiger partial charge in [0.2, 0.25) is 0 Å². The van der Waals surface area contributed by atoms with E-state index in [4.69, 9.17) is 5.73 Å². The number of benzene rings is 1. The van der Waals surface area contributed by atoms with E-state index in [0.717, 1.165) is 34.9 Å². The fourth-order valence-electron chi connectivity index (χ4n) is 1.39. The number of hydrogen-bond acceptors (Lipinski definition) is 1. The number of hydrogen-bond donors (Lipinski definition) is 1. The number of rotatable bonds is 4. The van der Waals surface area contributed by atoms with Gasteiger partial charge in [-0.15, -0.1) is 0 Å². The van der Waals surface area contributed by atoms with E-state index in [0.29, 0.717) is 6.54 Å². The van der Waals surface area contributed by atoms with E-state index in [1.165, 1.54) is 6.07 Å². The lowest BCUT2D eigenvalue weighted by Gasteiger charge is -2.08. The summed E-state index contributed by atoms with van der Waals surface area (Å²) in [5.74, 6) is -0.125. The lowest BCUT2D eigenvalue weighted by molar-refractivity contribution is 0.598. The van der Waals surface area contributed by atoms with Crippen LogP contribution in [0.1, 0.15) is 24.0 Å². The highest BCUT2D eigenvalue weighted by Gasteiger charge is 2.08. The van der Waals surface area contributed by atoms with Crippen molar-refractivity contribution in [3.05, 3.63) is 33.5 Å². The highest BCUT2D eigenvalue weighted by Crippen LogP contribution is 2.25. The molecule has 1 aromatic rings. The molecule has 0 bridgehead atoms. The SMILES string of the molecule is Cc1ccc(F)c(CCCCN)c1Br. The van der Waals surface area contributed by atoms with Crippen LogP contribution >= 0.6 is 15.9 Å². The minimum absolute atomic E-state index is 0.125. The first-order valence-electron chi connectivity index (χ1n) is 4.80. The second kappa shape index (κ2) is 5.47. The molecular formula is C11H15BrFN. The third-order valence-corrected chi connectivity index (χ3v) is 3.36. The van der Waals surface area contributed by atoms with Gasteiger partial charge in [-0.05, 0) is 44.4 Å². The molecule has 0 aliphatic heterocycles. The number of nitrogens with two attached hydrogens (primary N) is 1. The highest BCUT2D eigenvalue weighted by atomic mass is 79.9. The maximum Gasteiger partial charge on any atom is 0.127 e. The van der Waals surface area contributed by atoms with E-state index in [-0.39, 0.29) is 5.82 Å². The van der Waals surface area contributed by atoms with E-state index >= 15 is 0 Å². The van der Waals surface area contributed by atoms with Crippen molar-refractivity contribution in [3.8, 4) is 0 Å². The van der Waals surface area contributed by atoms with E-state index in [1.54, 1.807) is 6.07 Å². The molecule has 14 heavy (non-hydrogen) atoms. The Hall–Kier alpha value is -0.410. The number of aryl methyl sites for hydroxylation is 1. The Morgan fingerprint density at radius 3 is 2.71 bits per heavy atom. The second-order valence-corrected chi connectivity index (χ2v) is 4.20. The molecule has 1 nitrogen and oxygen atoms in total. The minimum Gasteiger partial charge on any atom is -0.330 e. The molecule has 1 rings (SSSR count). The first kappa shape index (κ1) is 11.7. The molecule has 0 spiro atoms. The second-order valence-electron chi connectivity index (χ2n) is 3.40. The summed E-state index contributed by atoms with van der Waals surface area (Å²) in [4.78, 5) is 0. The Kier molecular flexibility index (Phi) is 4.55. The predicted molar refractivity (Wildman–Crippen MR) is 60.8 cm³/mol. The van der Waals surface area contributed by atoms with Crippen molar-refractivity contribution in [3.63, 3.8) is 0 Å². The molecule has 0 unspecified atom stereocenters. The molecule has 0 aliphatic rings. The van der Waals surface area contributed by atoms with Crippen molar-refractivity contribution in [2.45, 2.75) is 26.2 Å². The van der Waals surface area contributed by atoms with Crippen LogP contribution in [0, 0.1) is 12.7 Å². The van der Waals surface area contributed by atoms with Gasteiger partial charge < -0.3 is 5.73 Å². The zero-order chi connectivity index (χ0) is 10.6. The first-order chi connectivity index (χ1) is 6.66. The Morgan fingerprint density at radius 1 is 1.36 bits per heavy atom. The van der Waals surface area contributed by atoms with E-state index in [9.17, 15) is 4.39 Å². The van der Waals surface area contributed by atoms with Crippen molar-refractivity contribution >= 4 is 15.9 Å². The summed E-state index contributed by atoms with van der Waals surface area (Å²) in [6, 6.07) is 3.31. The first-order valence-corrected chi connectivity index (χ1v) is 5.59. The number of halogens is 2. The van der Waals surface area contributed by atoms with E-state index in [1.807, 2.05) is 6.92 Å². The summed E-state index contributed by atoms with van der Waals surface area (Å²) >= 11 is 3.41. The van der Waals surface area contributed by atoms with Crippen LogP contribution in [0.15, 0.2) is 16.6 Å². The van der Waals surface area contributed by atoms with Crippen LogP contribution in [0.4, 0.5) is 4.39 Å². The summed E-state index contributed by atoms with van der Waals surface area (Å²) in [6.07, 6.45) is 2.64. The molecule has 0 fully saturated rings. The Morgan fingerprint density at radius 2 is 2.07 bits per heavy atom. The van der Waals surface area contributed by atoms with Crippen LogP contribution in [0.5, 0.6) is 0 Å². The maximum atomic E-state index is 13.4. The molecule has 1 aromatic carbocycles. The van der Waals surface area contributed by atoms with Crippen molar-refractivity contribution in [1.29, 1.82) is 0 Å². The molecule has 78 valence electrons. The van der Waals surface area contributed by atoms with Crippen LogP contribution in [0.2, 0.25) is 0 Å². The van der Waals surface area contributed by atoms with Gasteiger partial charge in [0.05, 0.1) is 0 Å². The third kappa shape index (κ3) is 2.79. The normalized spacial score (nSPS) is 10.6. The van der Waals surface area contributed by atoms with Gasteiger partial charge in [-0.25, -0.2) is 4.39 Å². The molecule has 0 heterocycles. The molecule has 3 heteroatoms. The highest BCUT2D eigenvalue weighted by molar-refractivity contribution is 9.10. The van der Waals surface area contributed by atoms with Crippen molar-refractivity contribution < 1.29 is 4.39 Å². The Bertz CT molecular complexity index is 312. The van der Waals surface area contributed by atoms with Crippen molar-refractivity contribution in [2.24, 2.45) is 5.73 Å². The molecule has 0 saturated heterocycles. The van der Waals surface area contributed by atoms with Gasteiger partial charge in [0.25, 0.3) is 0 Å². The topological polar surface area (TPSA) is 26.0 Å². The maximum absolute atomic E-state index is 13.4. The zero-order valence-electron chi connectivity index (χ0n) is 8.32. The van der Waals surface area contributed by atoms with Crippen LogP contribution in [-0.2, 0) is 6.42 Å². The summed E-state index contributed by atoms with van der Waals surface area (Å²) in [7, 11) is 0. The van der Waals surface area contributed by atoms with Crippen LogP contribution < -0.4 is 5.73 Å². The quantitative estimate of drug-likeness (QED) is 0.827. The monoisotopic (exact) mass is 259 g/mol. The Labute approximate surface area is 92.6 Å². The van der Waals surface area contributed by atoms with Gasteiger partial charge in [0.1, 0.15) is 5.82 Å². The van der Waals surface area contributed by atoms with Gasteiger partial charge in [-0.1, -0.05) is 22.0 Å². The summed E-state index contributed by atoms with van der Waals surface area (Å²) < 4.78 is 14.3. The lowest BCUT2D eigenvalue weighted by atomic mass is 10.1. The molecular weight excluding hydrogens is 245 g/mol. The van der Waals surface area contributed by atoms with Gasteiger partial charge in [-0.2, -0.15) is 0 Å². The molecule has 0 amide bonds. The molecule has 0 saturated carbocycles. The predicted octanol–water partition coefficient (Wildman–Crippen LogP) is 3.18. The average molecular weight is 260 g/mol. The van der Waals surface area contributed by atoms with Crippen molar-refractivity contribution in [1.82, 2.24) is 0 Å². The summed E-state index contributed by atoms with van der Waals surface area (Å²) in [5, 5.41) is 0. The largest absolute Gasteiger partial charge is 0.330 e. The van der Waals surface area contributed by atoms with Gasteiger partial charge in [0.15, 0.2) is 0 Å². The van der Waals surface area contributed by atoms with E-state index in [2.05, 4.69) is 15.9 Å². The number of unbranched alkanes of at least 4 members (excludes halogenated alkanes) is 1. The van der Waals surface area contributed by atoms with Crippen molar-refractivity contribution in [2.75, 3.05) is 6.54 Å². The molecule has 2 N–H and O–H groups in total. The zero-order valence-corrected chi connectivity index (χ0v) is 9.90. The van der Waals surface area contributed by atoms with Gasteiger partial charge >= 0.3 is 0 Å². The molecule has 0 aromatic heterocycles. The smallest absolute Gasteiger partial charge is 0.127 e. The minimum atomic E-state index is -0.125.